The summed E-state index contributed by atoms with van der Waals surface area (Å²) < 4.78 is 0.222. The molecule has 0 unspecified atom stereocenters. The molecule has 1 heterocycles. The zero-order valence-corrected chi connectivity index (χ0v) is 12.0. The molecule has 1 atom stereocenters. The molecule has 1 amide bonds. The lowest BCUT2D eigenvalue weighted by Gasteiger charge is -2.32. The van der Waals surface area contributed by atoms with Gasteiger partial charge in [0, 0.05) is 11.3 Å². The molecule has 1 aliphatic heterocycles. The molecule has 0 spiro atoms. The molecular weight excluding hydrogens is 244 g/mol. The second-order valence-electron chi connectivity index (χ2n) is 4.11. The summed E-state index contributed by atoms with van der Waals surface area (Å²) >= 11 is 1.86. The van der Waals surface area contributed by atoms with Gasteiger partial charge < -0.3 is 10.6 Å². The van der Waals surface area contributed by atoms with Crippen molar-refractivity contribution in [3.63, 3.8) is 0 Å². The molecule has 0 aromatic heterocycles. The van der Waals surface area contributed by atoms with Crippen molar-refractivity contribution >= 4 is 30.1 Å². The van der Waals surface area contributed by atoms with Crippen LogP contribution in [-0.4, -0.2) is 36.0 Å². The van der Waals surface area contributed by atoms with Gasteiger partial charge in [0.25, 0.3) is 0 Å². The number of amides is 1. The Morgan fingerprint density at radius 3 is 2.38 bits per heavy atom. The summed E-state index contributed by atoms with van der Waals surface area (Å²) in [5, 5.41) is 6.17. The standard InChI is InChI=1S/C11H22N2OS.ClH/c1-4-11(5-2,15-3)8-13-10(14)9-6-7-12-9;/h9,12H,4-8H2,1-3H3,(H,13,14);1H/t9-;/m1./s1. The molecule has 1 saturated heterocycles. The number of nitrogens with one attached hydrogen (secondary N) is 2. The highest BCUT2D eigenvalue weighted by Crippen LogP contribution is 2.29. The third-order valence-corrected chi connectivity index (χ3v) is 5.03. The molecule has 0 saturated carbocycles. The molecule has 1 rings (SSSR count). The van der Waals surface area contributed by atoms with Gasteiger partial charge in [0.15, 0.2) is 0 Å². The minimum atomic E-state index is 0. The van der Waals surface area contributed by atoms with Crippen molar-refractivity contribution < 1.29 is 4.79 Å². The van der Waals surface area contributed by atoms with Crippen LogP contribution in [0.15, 0.2) is 0 Å². The molecule has 0 aromatic rings. The highest BCUT2D eigenvalue weighted by molar-refractivity contribution is 8.00. The van der Waals surface area contributed by atoms with Crippen molar-refractivity contribution in [3.05, 3.63) is 0 Å². The summed E-state index contributed by atoms with van der Waals surface area (Å²) in [6.45, 7) is 6.15. The predicted octanol–water partition coefficient (Wildman–Crippen LogP) is 1.81. The molecule has 2 N–H and O–H groups in total. The first-order valence-electron chi connectivity index (χ1n) is 5.73. The van der Waals surface area contributed by atoms with Crippen LogP contribution in [0, 0.1) is 0 Å². The largest absolute Gasteiger partial charge is 0.353 e. The molecule has 96 valence electrons. The van der Waals surface area contributed by atoms with Crippen molar-refractivity contribution in [2.24, 2.45) is 0 Å². The molecule has 0 aliphatic carbocycles. The van der Waals surface area contributed by atoms with Crippen LogP contribution < -0.4 is 10.6 Å². The summed E-state index contributed by atoms with van der Waals surface area (Å²) in [4.78, 5) is 11.6. The Kier molecular flexibility index (Phi) is 7.44. The van der Waals surface area contributed by atoms with E-state index in [-0.39, 0.29) is 29.1 Å². The van der Waals surface area contributed by atoms with Gasteiger partial charge in [-0.2, -0.15) is 11.8 Å². The van der Waals surface area contributed by atoms with Crippen LogP contribution in [0.2, 0.25) is 0 Å². The van der Waals surface area contributed by atoms with Crippen molar-refractivity contribution in [1.29, 1.82) is 0 Å². The van der Waals surface area contributed by atoms with E-state index in [2.05, 4.69) is 30.7 Å². The number of carbonyl (C=O) groups is 1. The Labute approximate surface area is 109 Å². The van der Waals surface area contributed by atoms with Crippen LogP contribution in [0.3, 0.4) is 0 Å². The van der Waals surface area contributed by atoms with Gasteiger partial charge in [0.2, 0.25) is 5.91 Å². The summed E-state index contributed by atoms with van der Waals surface area (Å²) in [6, 6.07) is 0.0678. The highest BCUT2D eigenvalue weighted by atomic mass is 35.5. The molecule has 5 heteroatoms. The number of hydrogen-bond donors (Lipinski definition) is 2. The second-order valence-corrected chi connectivity index (χ2v) is 5.38. The van der Waals surface area contributed by atoms with Gasteiger partial charge in [-0.05, 0) is 32.1 Å². The van der Waals surface area contributed by atoms with Gasteiger partial charge in [-0.3, -0.25) is 4.79 Å². The van der Waals surface area contributed by atoms with E-state index >= 15 is 0 Å². The maximum absolute atomic E-state index is 11.6. The fraction of sp³-hybridized carbons (Fsp3) is 0.909. The number of rotatable bonds is 6. The fourth-order valence-corrected chi connectivity index (χ4v) is 2.54. The third kappa shape index (κ3) is 3.82. The van der Waals surface area contributed by atoms with E-state index in [9.17, 15) is 4.79 Å². The summed E-state index contributed by atoms with van der Waals surface area (Å²) in [5.41, 5.74) is 0. The van der Waals surface area contributed by atoms with Gasteiger partial charge in [-0.15, -0.1) is 12.4 Å². The summed E-state index contributed by atoms with van der Waals surface area (Å²) in [6.07, 6.45) is 5.31. The van der Waals surface area contributed by atoms with E-state index in [0.29, 0.717) is 0 Å². The molecule has 1 fully saturated rings. The lowest BCUT2D eigenvalue weighted by Crippen LogP contribution is -2.55. The number of thioether (sulfide) groups is 1. The monoisotopic (exact) mass is 266 g/mol. The molecule has 16 heavy (non-hydrogen) atoms. The number of carbonyl (C=O) groups excluding carboxylic acids is 1. The van der Waals surface area contributed by atoms with E-state index < -0.39 is 0 Å². The van der Waals surface area contributed by atoms with Crippen molar-refractivity contribution in [1.82, 2.24) is 10.6 Å². The van der Waals surface area contributed by atoms with E-state index in [1.165, 1.54) is 0 Å². The molecular formula is C11H23ClN2OS. The second kappa shape index (κ2) is 7.41. The first-order valence-corrected chi connectivity index (χ1v) is 6.96. The minimum absolute atomic E-state index is 0. The van der Waals surface area contributed by atoms with Gasteiger partial charge in [-0.25, -0.2) is 0 Å². The van der Waals surface area contributed by atoms with Crippen molar-refractivity contribution in [2.45, 2.75) is 43.9 Å². The van der Waals surface area contributed by atoms with Gasteiger partial charge in [-0.1, -0.05) is 13.8 Å². The topological polar surface area (TPSA) is 41.1 Å². The summed E-state index contributed by atoms with van der Waals surface area (Å²) in [5.74, 6) is 0.168. The van der Waals surface area contributed by atoms with E-state index in [4.69, 9.17) is 0 Å². The first-order chi connectivity index (χ1) is 7.17. The molecule has 0 radical (unpaired) electrons. The molecule has 3 nitrogen and oxygen atoms in total. The summed E-state index contributed by atoms with van der Waals surface area (Å²) in [7, 11) is 0. The Balaban J connectivity index is 0.00000225. The molecule has 0 bridgehead atoms. The van der Waals surface area contributed by atoms with Crippen LogP contribution in [-0.2, 0) is 4.79 Å². The number of hydrogen-bond acceptors (Lipinski definition) is 3. The van der Waals surface area contributed by atoms with Crippen LogP contribution in [0.1, 0.15) is 33.1 Å². The van der Waals surface area contributed by atoms with E-state index in [1.807, 2.05) is 11.8 Å². The van der Waals surface area contributed by atoms with Crippen LogP contribution >= 0.6 is 24.2 Å². The number of halogens is 1. The zero-order chi connectivity index (χ0) is 11.3. The fourth-order valence-electron chi connectivity index (χ4n) is 1.74. The van der Waals surface area contributed by atoms with Crippen LogP contribution in [0.4, 0.5) is 0 Å². The van der Waals surface area contributed by atoms with Crippen molar-refractivity contribution in [3.8, 4) is 0 Å². The highest BCUT2D eigenvalue weighted by Gasteiger charge is 2.29. The quantitative estimate of drug-likeness (QED) is 0.771. The zero-order valence-electron chi connectivity index (χ0n) is 10.3. The average Bonchev–Trinajstić information content (AvgIpc) is 2.18. The Morgan fingerprint density at radius 2 is 2.06 bits per heavy atom. The smallest absolute Gasteiger partial charge is 0.237 e. The van der Waals surface area contributed by atoms with Gasteiger partial charge in [0.1, 0.15) is 0 Å². The van der Waals surface area contributed by atoms with Gasteiger partial charge >= 0.3 is 0 Å². The molecule has 0 aromatic carbocycles. The SMILES string of the molecule is CCC(CC)(CNC(=O)[C@H]1CCN1)SC.Cl. The normalized spacial score (nSPS) is 19.6. The van der Waals surface area contributed by atoms with E-state index in [1.54, 1.807) is 0 Å². The maximum Gasteiger partial charge on any atom is 0.237 e. The third-order valence-electron chi connectivity index (χ3n) is 3.45. The maximum atomic E-state index is 11.6. The average molecular weight is 267 g/mol. The first kappa shape index (κ1) is 16.1. The van der Waals surface area contributed by atoms with Crippen LogP contribution in [0.25, 0.3) is 0 Å². The lowest BCUT2D eigenvalue weighted by atomic mass is 10.0. The lowest BCUT2D eigenvalue weighted by molar-refractivity contribution is -0.124. The Bertz CT molecular complexity index is 210. The van der Waals surface area contributed by atoms with Gasteiger partial charge in [0.05, 0.1) is 6.04 Å². The van der Waals surface area contributed by atoms with E-state index in [0.717, 1.165) is 32.4 Å². The Morgan fingerprint density at radius 1 is 1.50 bits per heavy atom. The molecule has 1 aliphatic rings. The minimum Gasteiger partial charge on any atom is -0.353 e. The Hall–Kier alpha value is 0.0700. The van der Waals surface area contributed by atoms with Crippen molar-refractivity contribution in [2.75, 3.05) is 19.3 Å². The van der Waals surface area contributed by atoms with Crippen LogP contribution in [0.5, 0.6) is 0 Å². The predicted molar refractivity (Wildman–Crippen MR) is 73.5 cm³/mol.